The molecule has 0 radical (unpaired) electrons. The highest BCUT2D eigenvalue weighted by Crippen LogP contribution is 2.34. The largest absolute Gasteiger partial charge is 0.487 e. The number of nitrogens with one attached hydrogen (secondary N) is 1. The molecule has 0 aliphatic carbocycles. The van der Waals surface area contributed by atoms with Gasteiger partial charge in [-0.25, -0.2) is 13.8 Å². The molecule has 3 aromatic rings. The van der Waals surface area contributed by atoms with Crippen molar-refractivity contribution in [3.05, 3.63) is 58.7 Å². The summed E-state index contributed by atoms with van der Waals surface area (Å²) in [7, 11) is 1.58. The molecule has 0 bridgehead atoms. The summed E-state index contributed by atoms with van der Waals surface area (Å²) in [6, 6.07) is 5.06. The van der Waals surface area contributed by atoms with E-state index in [-0.39, 0.29) is 5.82 Å². The number of aryl methyl sites for hydroxylation is 1. The van der Waals surface area contributed by atoms with Crippen LogP contribution in [0.3, 0.4) is 0 Å². The van der Waals surface area contributed by atoms with Crippen molar-refractivity contribution in [1.82, 2.24) is 9.97 Å². The second kappa shape index (κ2) is 6.94. The molecule has 2 heterocycles. The van der Waals surface area contributed by atoms with Crippen molar-refractivity contribution in [1.29, 1.82) is 0 Å². The maximum Gasteiger partial charge on any atom is 0.262 e. The maximum absolute atomic E-state index is 13.6. The van der Waals surface area contributed by atoms with Crippen LogP contribution < -0.4 is 10.1 Å². The Hall–Kier alpha value is -2.87. The van der Waals surface area contributed by atoms with Gasteiger partial charge in [0.1, 0.15) is 17.2 Å². The molecule has 5 nitrogen and oxygen atoms in total. The normalized spacial score (nSPS) is 10.6. The van der Waals surface area contributed by atoms with Crippen molar-refractivity contribution < 1.29 is 18.3 Å². The van der Waals surface area contributed by atoms with Gasteiger partial charge in [0.2, 0.25) is 0 Å². The molecule has 0 fully saturated rings. The number of halogens is 2. The smallest absolute Gasteiger partial charge is 0.262 e. The first kappa shape index (κ1) is 17.0. The van der Waals surface area contributed by atoms with Crippen LogP contribution in [0.4, 0.5) is 14.6 Å². The Morgan fingerprint density at radius 2 is 1.92 bits per heavy atom. The Bertz CT molecular complexity index is 906. The van der Waals surface area contributed by atoms with E-state index < -0.39 is 23.1 Å². The van der Waals surface area contributed by atoms with Gasteiger partial charge in [0.15, 0.2) is 10.9 Å². The molecule has 0 aliphatic rings. The Morgan fingerprint density at radius 1 is 1.20 bits per heavy atom. The van der Waals surface area contributed by atoms with E-state index in [1.54, 1.807) is 7.11 Å². The summed E-state index contributed by atoms with van der Waals surface area (Å²) < 4.78 is 32.4. The van der Waals surface area contributed by atoms with Gasteiger partial charge < -0.3 is 10.1 Å². The fraction of sp³-hybridized carbons (Fsp3) is 0.118. The van der Waals surface area contributed by atoms with Gasteiger partial charge >= 0.3 is 0 Å². The van der Waals surface area contributed by atoms with Crippen LogP contribution in [0.1, 0.15) is 15.2 Å². The monoisotopic (exact) mass is 361 g/mol. The summed E-state index contributed by atoms with van der Waals surface area (Å²) in [6.07, 6.45) is 2.80. The first-order valence-electron chi connectivity index (χ1n) is 7.22. The van der Waals surface area contributed by atoms with E-state index in [1.165, 1.54) is 29.8 Å². The second-order valence-electron chi connectivity index (χ2n) is 5.08. The molecule has 2 aromatic heterocycles. The van der Waals surface area contributed by atoms with Crippen LogP contribution in [0, 0.1) is 18.6 Å². The molecule has 1 N–H and O–H groups in total. The minimum Gasteiger partial charge on any atom is -0.487 e. The summed E-state index contributed by atoms with van der Waals surface area (Å²) in [5.74, 6) is -2.71. The van der Waals surface area contributed by atoms with Crippen LogP contribution in [0.2, 0.25) is 0 Å². The van der Waals surface area contributed by atoms with Gasteiger partial charge in [-0.2, -0.15) is 0 Å². The van der Waals surface area contributed by atoms with Crippen LogP contribution in [-0.4, -0.2) is 23.0 Å². The number of carbonyl (C=O) groups is 1. The molecule has 0 spiro atoms. The first-order chi connectivity index (χ1) is 12.0. The SMILES string of the molecule is COc1cc(-c2cnc(NC(=O)c3c(F)cccc3F)cn2)c(C)s1. The Kier molecular flexibility index (Phi) is 4.71. The van der Waals surface area contributed by atoms with Crippen LogP contribution in [-0.2, 0) is 0 Å². The quantitative estimate of drug-likeness (QED) is 0.761. The predicted molar refractivity (Wildman–Crippen MR) is 90.9 cm³/mol. The average molecular weight is 361 g/mol. The van der Waals surface area contributed by atoms with Gasteiger partial charge in [-0.15, -0.1) is 11.3 Å². The lowest BCUT2D eigenvalue weighted by atomic mass is 10.2. The van der Waals surface area contributed by atoms with E-state index in [1.807, 2.05) is 13.0 Å². The van der Waals surface area contributed by atoms with Crippen molar-refractivity contribution in [2.45, 2.75) is 6.92 Å². The third-order valence-corrected chi connectivity index (χ3v) is 4.47. The number of nitrogens with zero attached hydrogens (tertiary/aromatic N) is 2. The average Bonchev–Trinajstić information content (AvgIpc) is 2.96. The van der Waals surface area contributed by atoms with E-state index in [0.717, 1.165) is 27.6 Å². The molecule has 0 saturated heterocycles. The highest BCUT2D eigenvalue weighted by molar-refractivity contribution is 7.14. The highest BCUT2D eigenvalue weighted by atomic mass is 32.1. The molecule has 0 atom stereocenters. The second-order valence-corrected chi connectivity index (χ2v) is 6.30. The predicted octanol–water partition coefficient (Wildman–Crippen LogP) is 4.05. The van der Waals surface area contributed by atoms with Gasteiger partial charge in [0.05, 0.1) is 25.2 Å². The Morgan fingerprint density at radius 3 is 2.48 bits per heavy atom. The van der Waals surface area contributed by atoms with Crippen molar-refractivity contribution in [3.8, 4) is 16.3 Å². The zero-order valence-electron chi connectivity index (χ0n) is 13.3. The van der Waals surface area contributed by atoms with E-state index in [9.17, 15) is 13.6 Å². The molecule has 0 unspecified atom stereocenters. The van der Waals surface area contributed by atoms with Gasteiger partial charge in [0.25, 0.3) is 5.91 Å². The molecule has 0 saturated carbocycles. The summed E-state index contributed by atoms with van der Waals surface area (Å²) in [5.41, 5.74) is 0.811. The van der Waals surface area contributed by atoms with Gasteiger partial charge in [-0.05, 0) is 19.1 Å². The van der Waals surface area contributed by atoms with Crippen molar-refractivity contribution in [2.24, 2.45) is 0 Å². The molecule has 1 amide bonds. The summed E-state index contributed by atoms with van der Waals surface area (Å²) in [6.45, 7) is 1.93. The minimum atomic E-state index is -0.942. The number of benzene rings is 1. The topological polar surface area (TPSA) is 64.1 Å². The number of ether oxygens (including phenoxy) is 1. The van der Waals surface area contributed by atoms with Crippen molar-refractivity contribution in [3.63, 3.8) is 0 Å². The standard InChI is InChI=1S/C17H13F2N3O2S/c1-9-10(6-15(24-2)25-9)13-7-21-14(8-20-13)22-17(23)16-11(18)4-3-5-12(16)19/h3-8H,1-2H3,(H,21,22,23). The number of hydrogen-bond donors (Lipinski definition) is 1. The number of methoxy groups -OCH3 is 1. The van der Waals surface area contributed by atoms with Gasteiger partial charge in [-0.3, -0.25) is 9.78 Å². The third kappa shape index (κ3) is 3.48. The van der Waals surface area contributed by atoms with Crippen molar-refractivity contribution in [2.75, 3.05) is 12.4 Å². The first-order valence-corrected chi connectivity index (χ1v) is 8.03. The minimum absolute atomic E-state index is 0.0938. The van der Waals surface area contributed by atoms with Crippen LogP contribution >= 0.6 is 11.3 Å². The number of hydrogen-bond acceptors (Lipinski definition) is 5. The zero-order valence-corrected chi connectivity index (χ0v) is 14.2. The summed E-state index contributed by atoms with van der Waals surface area (Å²) in [4.78, 5) is 21.4. The van der Waals surface area contributed by atoms with Crippen LogP contribution in [0.15, 0.2) is 36.7 Å². The molecule has 0 aliphatic heterocycles. The molecule has 25 heavy (non-hydrogen) atoms. The maximum atomic E-state index is 13.6. The van der Waals surface area contributed by atoms with E-state index in [0.29, 0.717) is 5.69 Å². The number of aromatic nitrogens is 2. The number of carbonyl (C=O) groups excluding carboxylic acids is 1. The molecule has 3 rings (SSSR count). The van der Waals surface area contributed by atoms with Crippen LogP contribution in [0.5, 0.6) is 5.06 Å². The number of amides is 1. The lowest BCUT2D eigenvalue weighted by Gasteiger charge is -2.06. The lowest BCUT2D eigenvalue weighted by molar-refractivity contribution is 0.101. The number of rotatable bonds is 4. The number of anilines is 1. The van der Waals surface area contributed by atoms with Gasteiger partial charge in [0, 0.05) is 16.5 Å². The molecular weight excluding hydrogens is 348 g/mol. The number of thiophene rings is 1. The van der Waals surface area contributed by atoms with E-state index >= 15 is 0 Å². The Labute approximate surface area is 146 Å². The van der Waals surface area contributed by atoms with Crippen molar-refractivity contribution >= 4 is 23.1 Å². The molecular formula is C17H13F2N3O2S. The van der Waals surface area contributed by atoms with Crippen LogP contribution in [0.25, 0.3) is 11.3 Å². The highest BCUT2D eigenvalue weighted by Gasteiger charge is 2.18. The summed E-state index contributed by atoms with van der Waals surface area (Å²) in [5, 5.41) is 3.09. The fourth-order valence-electron chi connectivity index (χ4n) is 2.23. The zero-order chi connectivity index (χ0) is 18.0. The summed E-state index contributed by atoms with van der Waals surface area (Å²) >= 11 is 1.48. The Balaban J connectivity index is 1.81. The third-order valence-electron chi connectivity index (χ3n) is 3.46. The van der Waals surface area contributed by atoms with E-state index in [4.69, 9.17) is 4.74 Å². The fourth-order valence-corrected chi connectivity index (χ4v) is 3.07. The van der Waals surface area contributed by atoms with E-state index in [2.05, 4.69) is 15.3 Å². The molecule has 1 aromatic carbocycles. The lowest BCUT2D eigenvalue weighted by Crippen LogP contribution is -2.16. The molecule has 128 valence electrons. The molecule has 8 heteroatoms. The van der Waals surface area contributed by atoms with Gasteiger partial charge in [-0.1, -0.05) is 6.07 Å².